The third-order valence-electron chi connectivity index (χ3n) is 2.60. The average Bonchev–Trinajstić information content (AvgIpc) is 2.29. The topological polar surface area (TPSA) is 67.4 Å². The maximum atomic E-state index is 11.6. The zero-order valence-electron chi connectivity index (χ0n) is 12.8. The van der Waals surface area contributed by atoms with Crippen molar-refractivity contribution in [1.29, 1.82) is 0 Å². The standard InChI is InChI=1S/C14H28N2O3/c1-6-11(7-2)16-12(17)9-8-10-15-13(18)19-14(3,4)5/h11H,6-10H2,1-5H3,(H,15,18)(H,16,17). The monoisotopic (exact) mass is 272 g/mol. The van der Waals surface area contributed by atoms with Gasteiger partial charge in [-0.2, -0.15) is 0 Å². The number of alkyl carbamates (subject to hydrolysis) is 1. The van der Waals surface area contributed by atoms with Crippen LogP contribution in [0.3, 0.4) is 0 Å². The zero-order valence-corrected chi connectivity index (χ0v) is 12.8. The van der Waals surface area contributed by atoms with Crippen LogP contribution in [0.25, 0.3) is 0 Å². The normalized spacial score (nSPS) is 11.3. The summed E-state index contributed by atoms with van der Waals surface area (Å²) in [5.74, 6) is 0.0414. The molecule has 5 nitrogen and oxygen atoms in total. The van der Waals surface area contributed by atoms with Gasteiger partial charge in [-0.1, -0.05) is 13.8 Å². The van der Waals surface area contributed by atoms with Crippen LogP contribution < -0.4 is 10.6 Å². The van der Waals surface area contributed by atoms with Gasteiger partial charge in [-0.25, -0.2) is 4.79 Å². The minimum absolute atomic E-state index is 0.0414. The van der Waals surface area contributed by atoms with Crippen LogP contribution in [0.2, 0.25) is 0 Å². The van der Waals surface area contributed by atoms with Crippen molar-refractivity contribution in [1.82, 2.24) is 10.6 Å². The quantitative estimate of drug-likeness (QED) is 0.700. The molecule has 112 valence electrons. The highest BCUT2D eigenvalue weighted by Gasteiger charge is 2.15. The number of hydrogen-bond acceptors (Lipinski definition) is 3. The van der Waals surface area contributed by atoms with Gasteiger partial charge in [0, 0.05) is 19.0 Å². The summed E-state index contributed by atoms with van der Waals surface area (Å²) in [4.78, 5) is 22.9. The molecule has 0 fully saturated rings. The highest BCUT2D eigenvalue weighted by Crippen LogP contribution is 2.06. The highest BCUT2D eigenvalue weighted by molar-refractivity contribution is 5.76. The molecule has 0 aromatic rings. The van der Waals surface area contributed by atoms with Crippen molar-refractivity contribution in [2.75, 3.05) is 6.54 Å². The molecule has 0 heterocycles. The fraction of sp³-hybridized carbons (Fsp3) is 0.857. The Bertz CT molecular complexity index is 281. The van der Waals surface area contributed by atoms with E-state index in [-0.39, 0.29) is 11.9 Å². The van der Waals surface area contributed by atoms with E-state index in [1.165, 1.54) is 0 Å². The second-order valence-corrected chi connectivity index (χ2v) is 5.61. The summed E-state index contributed by atoms with van der Waals surface area (Å²) >= 11 is 0. The summed E-state index contributed by atoms with van der Waals surface area (Å²) in [6, 6.07) is 0.256. The molecule has 0 aliphatic carbocycles. The predicted molar refractivity (Wildman–Crippen MR) is 76.0 cm³/mol. The number of rotatable bonds is 7. The van der Waals surface area contributed by atoms with Gasteiger partial charge in [0.25, 0.3) is 0 Å². The van der Waals surface area contributed by atoms with E-state index in [0.717, 1.165) is 12.8 Å². The molecule has 0 saturated heterocycles. The Hall–Kier alpha value is -1.26. The molecule has 0 rings (SSSR count). The summed E-state index contributed by atoms with van der Waals surface area (Å²) in [7, 11) is 0. The molecule has 0 aromatic carbocycles. The SMILES string of the molecule is CCC(CC)NC(=O)CCCNC(=O)OC(C)(C)C. The van der Waals surface area contributed by atoms with Crippen molar-refractivity contribution in [3.8, 4) is 0 Å². The van der Waals surface area contributed by atoms with Crippen LogP contribution in [0.15, 0.2) is 0 Å². The van der Waals surface area contributed by atoms with Gasteiger partial charge >= 0.3 is 6.09 Å². The molecule has 0 atom stereocenters. The minimum Gasteiger partial charge on any atom is -0.444 e. The smallest absolute Gasteiger partial charge is 0.407 e. The summed E-state index contributed by atoms with van der Waals surface area (Å²) in [5, 5.41) is 5.59. The van der Waals surface area contributed by atoms with Crippen molar-refractivity contribution in [3.63, 3.8) is 0 Å². The lowest BCUT2D eigenvalue weighted by Crippen LogP contribution is -2.35. The largest absolute Gasteiger partial charge is 0.444 e. The van der Waals surface area contributed by atoms with Crippen LogP contribution in [0.1, 0.15) is 60.3 Å². The molecule has 0 unspecified atom stereocenters. The Balaban J connectivity index is 3.69. The van der Waals surface area contributed by atoms with Crippen molar-refractivity contribution >= 4 is 12.0 Å². The minimum atomic E-state index is -0.489. The van der Waals surface area contributed by atoms with Crippen molar-refractivity contribution < 1.29 is 14.3 Å². The Morgan fingerprint density at radius 1 is 1.16 bits per heavy atom. The Morgan fingerprint density at radius 2 is 1.74 bits per heavy atom. The number of ether oxygens (including phenoxy) is 1. The van der Waals surface area contributed by atoms with E-state index in [2.05, 4.69) is 24.5 Å². The second-order valence-electron chi connectivity index (χ2n) is 5.61. The van der Waals surface area contributed by atoms with Crippen LogP contribution in [0, 0.1) is 0 Å². The van der Waals surface area contributed by atoms with Gasteiger partial charge in [0.05, 0.1) is 0 Å². The van der Waals surface area contributed by atoms with Crippen molar-refractivity contribution in [2.45, 2.75) is 71.9 Å². The van der Waals surface area contributed by atoms with Gasteiger partial charge in [-0.3, -0.25) is 4.79 Å². The van der Waals surface area contributed by atoms with Gasteiger partial charge in [0.1, 0.15) is 5.60 Å². The molecular formula is C14H28N2O3. The molecular weight excluding hydrogens is 244 g/mol. The number of hydrogen-bond donors (Lipinski definition) is 2. The highest BCUT2D eigenvalue weighted by atomic mass is 16.6. The van der Waals surface area contributed by atoms with E-state index in [0.29, 0.717) is 19.4 Å². The molecule has 19 heavy (non-hydrogen) atoms. The fourth-order valence-corrected chi connectivity index (χ4v) is 1.55. The average molecular weight is 272 g/mol. The Labute approximate surface area is 116 Å². The Kier molecular flexibility index (Phi) is 8.19. The summed E-state index contributed by atoms with van der Waals surface area (Å²) < 4.78 is 5.09. The second kappa shape index (κ2) is 8.77. The number of amides is 2. The first-order valence-electron chi connectivity index (χ1n) is 7.04. The molecule has 0 bridgehead atoms. The lowest BCUT2D eigenvalue weighted by molar-refractivity contribution is -0.121. The third kappa shape index (κ3) is 10.4. The van der Waals surface area contributed by atoms with Gasteiger partial charge in [0.15, 0.2) is 0 Å². The number of nitrogens with one attached hydrogen (secondary N) is 2. The number of carbonyl (C=O) groups excluding carboxylic acids is 2. The van der Waals surface area contributed by atoms with Crippen LogP contribution in [-0.4, -0.2) is 30.2 Å². The predicted octanol–water partition coefficient (Wildman–Crippen LogP) is 2.60. The van der Waals surface area contributed by atoms with E-state index in [4.69, 9.17) is 4.74 Å². The van der Waals surface area contributed by atoms with Crippen LogP contribution >= 0.6 is 0 Å². The molecule has 0 aromatic heterocycles. The first-order valence-corrected chi connectivity index (χ1v) is 7.04. The summed E-state index contributed by atoms with van der Waals surface area (Å²) in [6.07, 6.45) is 2.49. The maximum Gasteiger partial charge on any atom is 0.407 e. The summed E-state index contributed by atoms with van der Waals surface area (Å²) in [5.41, 5.74) is -0.489. The van der Waals surface area contributed by atoms with E-state index in [1.807, 2.05) is 20.8 Å². The van der Waals surface area contributed by atoms with Gasteiger partial charge in [-0.15, -0.1) is 0 Å². The van der Waals surface area contributed by atoms with E-state index in [1.54, 1.807) is 0 Å². The Morgan fingerprint density at radius 3 is 2.21 bits per heavy atom. The molecule has 0 radical (unpaired) electrons. The summed E-state index contributed by atoms with van der Waals surface area (Å²) in [6.45, 7) is 10.0. The van der Waals surface area contributed by atoms with E-state index in [9.17, 15) is 9.59 Å². The first kappa shape index (κ1) is 17.7. The van der Waals surface area contributed by atoms with Gasteiger partial charge in [-0.05, 0) is 40.0 Å². The fourth-order valence-electron chi connectivity index (χ4n) is 1.55. The van der Waals surface area contributed by atoms with Crippen molar-refractivity contribution in [2.24, 2.45) is 0 Å². The molecule has 0 aliphatic heterocycles. The molecule has 0 saturated carbocycles. The number of carbonyl (C=O) groups is 2. The lowest BCUT2D eigenvalue weighted by atomic mass is 10.1. The van der Waals surface area contributed by atoms with Crippen LogP contribution in [-0.2, 0) is 9.53 Å². The van der Waals surface area contributed by atoms with E-state index < -0.39 is 11.7 Å². The maximum absolute atomic E-state index is 11.6. The molecule has 0 aliphatic rings. The zero-order chi connectivity index (χ0) is 14.9. The van der Waals surface area contributed by atoms with Gasteiger partial charge < -0.3 is 15.4 Å². The third-order valence-corrected chi connectivity index (χ3v) is 2.60. The van der Waals surface area contributed by atoms with E-state index >= 15 is 0 Å². The van der Waals surface area contributed by atoms with Gasteiger partial charge in [0.2, 0.25) is 5.91 Å². The van der Waals surface area contributed by atoms with Crippen LogP contribution in [0.5, 0.6) is 0 Å². The molecule has 0 spiro atoms. The molecule has 2 amide bonds. The first-order chi connectivity index (χ1) is 8.78. The molecule has 5 heteroatoms. The van der Waals surface area contributed by atoms with Crippen LogP contribution in [0.4, 0.5) is 4.79 Å². The molecule has 2 N–H and O–H groups in total. The van der Waals surface area contributed by atoms with Crippen molar-refractivity contribution in [3.05, 3.63) is 0 Å². The lowest BCUT2D eigenvalue weighted by Gasteiger charge is -2.19.